The number of rotatable bonds is 6. The van der Waals surface area contributed by atoms with Crippen LogP contribution in [0.25, 0.3) is 0 Å². The molecule has 106 valence electrons. The molecule has 0 unspecified atom stereocenters. The molecule has 0 radical (unpaired) electrons. The quantitative estimate of drug-likeness (QED) is 0.788. The van der Waals surface area contributed by atoms with Crippen LogP contribution in [0.5, 0.6) is 5.75 Å². The van der Waals surface area contributed by atoms with E-state index in [1.807, 2.05) is 12.1 Å². The summed E-state index contributed by atoms with van der Waals surface area (Å²) in [6.07, 6.45) is 3.62. The first kappa shape index (κ1) is 14.0. The van der Waals surface area contributed by atoms with Crippen molar-refractivity contribution in [1.82, 2.24) is 4.98 Å². The Morgan fingerprint density at radius 2 is 2.05 bits per heavy atom. The summed E-state index contributed by atoms with van der Waals surface area (Å²) in [5.41, 5.74) is 2.60. The van der Waals surface area contributed by atoms with Crippen LogP contribution in [0.3, 0.4) is 0 Å². The minimum atomic E-state index is 0.559. The lowest BCUT2D eigenvalue weighted by Crippen LogP contribution is -1.95. The lowest BCUT2D eigenvalue weighted by molar-refractivity contribution is 0.305. The highest BCUT2D eigenvalue weighted by molar-refractivity contribution is 7.79. The topological polar surface area (TPSA) is 22.1 Å². The first-order chi connectivity index (χ1) is 9.80. The van der Waals surface area contributed by atoms with Gasteiger partial charge in [-0.3, -0.25) is 0 Å². The van der Waals surface area contributed by atoms with Gasteiger partial charge in [-0.15, -0.1) is 11.3 Å². The number of ether oxygens (including phenoxy) is 1. The largest absolute Gasteiger partial charge is 0.486 e. The first-order valence-electron chi connectivity index (χ1n) is 7.11. The summed E-state index contributed by atoms with van der Waals surface area (Å²) >= 11 is 6.15. The summed E-state index contributed by atoms with van der Waals surface area (Å²) < 4.78 is 5.83. The van der Waals surface area contributed by atoms with Crippen LogP contribution >= 0.6 is 24.0 Å². The van der Waals surface area contributed by atoms with Gasteiger partial charge in [-0.2, -0.15) is 12.6 Å². The molecule has 20 heavy (non-hydrogen) atoms. The van der Waals surface area contributed by atoms with E-state index in [4.69, 9.17) is 9.72 Å². The van der Waals surface area contributed by atoms with Crippen molar-refractivity contribution in [1.29, 1.82) is 0 Å². The minimum absolute atomic E-state index is 0.559. The summed E-state index contributed by atoms with van der Waals surface area (Å²) in [5, 5.41) is 1.07. The predicted molar refractivity (Wildman–Crippen MR) is 86.9 cm³/mol. The van der Waals surface area contributed by atoms with Crippen LogP contribution in [0, 0.1) is 0 Å². The molecule has 0 amide bonds. The van der Waals surface area contributed by atoms with E-state index in [2.05, 4.69) is 31.7 Å². The SMILES string of the molecule is CCc1ccc(OCc2nc(C3CC3)c(CS)s2)cc1. The van der Waals surface area contributed by atoms with Gasteiger partial charge in [0.15, 0.2) is 0 Å². The number of benzene rings is 1. The van der Waals surface area contributed by atoms with Crippen molar-refractivity contribution in [3.05, 3.63) is 45.4 Å². The van der Waals surface area contributed by atoms with Crippen LogP contribution in [0.1, 0.15) is 46.8 Å². The number of aryl methyl sites for hydroxylation is 1. The van der Waals surface area contributed by atoms with E-state index in [1.165, 1.54) is 29.0 Å². The number of hydrogen-bond donors (Lipinski definition) is 1. The normalized spacial score (nSPS) is 14.5. The third-order valence-electron chi connectivity index (χ3n) is 3.57. The molecule has 2 nitrogen and oxygen atoms in total. The summed E-state index contributed by atoms with van der Waals surface area (Å²) in [6, 6.07) is 8.31. The molecule has 1 aliphatic carbocycles. The lowest BCUT2D eigenvalue weighted by atomic mass is 10.2. The van der Waals surface area contributed by atoms with E-state index in [-0.39, 0.29) is 0 Å². The average Bonchev–Trinajstić information content (AvgIpc) is 3.26. The minimum Gasteiger partial charge on any atom is -0.486 e. The van der Waals surface area contributed by atoms with Gasteiger partial charge in [0.1, 0.15) is 17.4 Å². The molecule has 4 heteroatoms. The van der Waals surface area contributed by atoms with Gasteiger partial charge in [0, 0.05) is 16.5 Å². The van der Waals surface area contributed by atoms with Crippen molar-refractivity contribution in [2.45, 2.75) is 44.5 Å². The number of thiol groups is 1. The van der Waals surface area contributed by atoms with E-state index in [9.17, 15) is 0 Å². The lowest BCUT2D eigenvalue weighted by Gasteiger charge is -2.04. The Labute approximate surface area is 129 Å². The first-order valence-corrected chi connectivity index (χ1v) is 8.56. The molecule has 1 heterocycles. The third kappa shape index (κ3) is 3.18. The van der Waals surface area contributed by atoms with Gasteiger partial charge in [0.05, 0.1) is 5.69 Å². The second-order valence-corrected chi connectivity index (χ2v) is 6.62. The van der Waals surface area contributed by atoms with E-state index in [1.54, 1.807) is 11.3 Å². The fraction of sp³-hybridized carbons (Fsp3) is 0.438. The van der Waals surface area contributed by atoms with Crippen LogP contribution in [0.2, 0.25) is 0 Å². The van der Waals surface area contributed by atoms with Gasteiger partial charge in [-0.25, -0.2) is 4.98 Å². The van der Waals surface area contributed by atoms with Gasteiger partial charge in [-0.1, -0.05) is 19.1 Å². The molecular formula is C16H19NOS2. The monoisotopic (exact) mass is 305 g/mol. The second kappa shape index (κ2) is 6.19. The molecule has 3 rings (SSSR count). The van der Waals surface area contributed by atoms with Crippen LogP contribution in [0.15, 0.2) is 24.3 Å². The van der Waals surface area contributed by atoms with Crippen molar-refractivity contribution in [3.63, 3.8) is 0 Å². The maximum absolute atomic E-state index is 5.83. The van der Waals surface area contributed by atoms with Crippen LogP contribution in [-0.2, 0) is 18.8 Å². The third-order valence-corrected chi connectivity index (χ3v) is 5.15. The van der Waals surface area contributed by atoms with Crippen LogP contribution < -0.4 is 4.74 Å². The van der Waals surface area contributed by atoms with Crippen molar-refractivity contribution < 1.29 is 4.74 Å². The van der Waals surface area contributed by atoms with E-state index < -0.39 is 0 Å². The fourth-order valence-electron chi connectivity index (χ4n) is 2.23. The van der Waals surface area contributed by atoms with Crippen molar-refractivity contribution >= 4 is 24.0 Å². The molecule has 0 saturated heterocycles. The standard InChI is InChI=1S/C16H19NOS2/c1-2-11-3-7-13(8-4-11)18-9-15-17-16(12-5-6-12)14(10-19)20-15/h3-4,7-8,12,19H,2,5-6,9-10H2,1H3. The Hall–Kier alpha value is -1.00. The predicted octanol–water partition coefficient (Wildman–Crippen LogP) is 4.59. The Bertz CT molecular complexity index is 573. The number of hydrogen-bond acceptors (Lipinski definition) is 4. The van der Waals surface area contributed by atoms with E-state index in [0.717, 1.165) is 22.9 Å². The smallest absolute Gasteiger partial charge is 0.140 e. The molecule has 0 N–H and O–H groups in total. The van der Waals surface area contributed by atoms with Gasteiger partial charge in [0.25, 0.3) is 0 Å². The second-order valence-electron chi connectivity index (χ2n) is 5.13. The maximum Gasteiger partial charge on any atom is 0.140 e. The number of nitrogens with zero attached hydrogens (tertiary/aromatic N) is 1. The maximum atomic E-state index is 5.83. The van der Waals surface area contributed by atoms with Gasteiger partial charge < -0.3 is 4.74 Å². The highest BCUT2D eigenvalue weighted by Gasteiger charge is 2.29. The summed E-state index contributed by atoms with van der Waals surface area (Å²) in [7, 11) is 0. The fourth-order valence-corrected chi connectivity index (χ4v) is 3.51. The summed E-state index contributed by atoms with van der Waals surface area (Å²) in [4.78, 5) is 6.05. The molecule has 0 bridgehead atoms. The summed E-state index contributed by atoms with van der Waals surface area (Å²) in [6.45, 7) is 2.72. The molecule has 2 aromatic rings. The number of thiazole rings is 1. The van der Waals surface area contributed by atoms with E-state index >= 15 is 0 Å². The van der Waals surface area contributed by atoms with Gasteiger partial charge >= 0.3 is 0 Å². The Morgan fingerprint density at radius 1 is 1.30 bits per heavy atom. The van der Waals surface area contributed by atoms with Crippen molar-refractivity contribution in [2.75, 3.05) is 0 Å². The Kier molecular flexibility index (Phi) is 4.32. The zero-order chi connectivity index (χ0) is 13.9. The van der Waals surface area contributed by atoms with Crippen LogP contribution in [0.4, 0.5) is 0 Å². The van der Waals surface area contributed by atoms with Crippen molar-refractivity contribution in [3.8, 4) is 5.75 Å². The molecule has 1 saturated carbocycles. The number of aromatic nitrogens is 1. The Morgan fingerprint density at radius 3 is 2.65 bits per heavy atom. The molecular weight excluding hydrogens is 286 g/mol. The average molecular weight is 305 g/mol. The molecule has 0 aliphatic heterocycles. The molecule has 0 atom stereocenters. The zero-order valence-corrected chi connectivity index (χ0v) is 13.3. The molecule has 1 aliphatic rings. The summed E-state index contributed by atoms with van der Waals surface area (Å²) in [5.74, 6) is 2.39. The molecule has 0 spiro atoms. The zero-order valence-electron chi connectivity index (χ0n) is 11.6. The van der Waals surface area contributed by atoms with Gasteiger partial charge in [0.2, 0.25) is 0 Å². The van der Waals surface area contributed by atoms with E-state index in [0.29, 0.717) is 12.5 Å². The molecule has 1 aromatic heterocycles. The highest BCUT2D eigenvalue weighted by atomic mass is 32.1. The van der Waals surface area contributed by atoms with Gasteiger partial charge in [-0.05, 0) is 37.0 Å². The molecule has 1 fully saturated rings. The van der Waals surface area contributed by atoms with Crippen LogP contribution in [-0.4, -0.2) is 4.98 Å². The highest BCUT2D eigenvalue weighted by Crippen LogP contribution is 2.43. The van der Waals surface area contributed by atoms with Crippen molar-refractivity contribution in [2.24, 2.45) is 0 Å². The molecule has 1 aromatic carbocycles. The Balaban J connectivity index is 1.65.